The van der Waals surface area contributed by atoms with Gasteiger partial charge in [-0.1, -0.05) is 0 Å². The Balaban J connectivity index is 2.42. The van der Waals surface area contributed by atoms with Crippen LogP contribution in [0.4, 0.5) is 5.82 Å². The van der Waals surface area contributed by atoms with Crippen molar-refractivity contribution in [3.05, 3.63) is 11.3 Å². The zero-order chi connectivity index (χ0) is 11.1. The summed E-state index contributed by atoms with van der Waals surface area (Å²) < 4.78 is 26.4. The molecular formula is C8H14N4O2S. The van der Waals surface area contributed by atoms with Gasteiger partial charge in [0.25, 0.3) is 0 Å². The first kappa shape index (κ1) is 10.4. The van der Waals surface area contributed by atoms with Crippen molar-refractivity contribution in [1.82, 2.24) is 15.1 Å². The van der Waals surface area contributed by atoms with Gasteiger partial charge in [0.15, 0.2) is 0 Å². The number of rotatable bonds is 2. The lowest BCUT2D eigenvalue weighted by Gasteiger charge is -2.13. The molecule has 0 aliphatic carbocycles. The van der Waals surface area contributed by atoms with Gasteiger partial charge in [0, 0.05) is 32.1 Å². The molecule has 2 N–H and O–H groups in total. The van der Waals surface area contributed by atoms with Crippen molar-refractivity contribution in [2.24, 2.45) is 7.05 Å². The fourth-order valence-electron chi connectivity index (χ4n) is 1.73. The maximum atomic E-state index is 11.2. The zero-order valence-electron chi connectivity index (χ0n) is 8.74. The number of nitrogens with zero attached hydrogens (tertiary/aromatic N) is 2. The van der Waals surface area contributed by atoms with Crippen LogP contribution in [0.3, 0.4) is 0 Å². The van der Waals surface area contributed by atoms with E-state index in [1.54, 1.807) is 11.7 Å². The molecule has 0 atom stereocenters. The van der Waals surface area contributed by atoms with Crippen molar-refractivity contribution in [3.8, 4) is 0 Å². The van der Waals surface area contributed by atoms with E-state index < -0.39 is 10.0 Å². The van der Waals surface area contributed by atoms with Gasteiger partial charge < -0.3 is 5.32 Å². The Morgan fingerprint density at radius 2 is 2.27 bits per heavy atom. The molecule has 15 heavy (non-hydrogen) atoms. The molecule has 2 heterocycles. The van der Waals surface area contributed by atoms with Crippen LogP contribution in [0.25, 0.3) is 0 Å². The summed E-state index contributed by atoms with van der Waals surface area (Å²) in [5.74, 6) is 0.569. The normalized spacial score (nSPS) is 16.1. The van der Waals surface area contributed by atoms with Crippen LogP contribution in [-0.2, 0) is 30.0 Å². The average molecular weight is 230 g/mol. The molecule has 1 aromatic rings. The minimum absolute atomic E-state index is 0.569. The van der Waals surface area contributed by atoms with E-state index in [4.69, 9.17) is 0 Å². The number of anilines is 1. The minimum Gasteiger partial charge on any atom is -0.312 e. The second kappa shape index (κ2) is 3.49. The molecule has 1 aliphatic rings. The molecule has 0 amide bonds. The summed E-state index contributed by atoms with van der Waals surface area (Å²) in [6.07, 6.45) is 1.98. The summed E-state index contributed by atoms with van der Waals surface area (Å²) in [6, 6.07) is 0. The van der Waals surface area contributed by atoms with E-state index in [0.29, 0.717) is 12.4 Å². The van der Waals surface area contributed by atoms with E-state index in [-0.39, 0.29) is 0 Å². The third kappa shape index (κ3) is 2.13. The van der Waals surface area contributed by atoms with E-state index in [0.717, 1.165) is 30.5 Å². The highest BCUT2D eigenvalue weighted by Crippen LogP contribution is 2.22. The molecule has 1 aliphatic heterocycles. The third-order valence-corrected chi connectivity index (χ3v) is 2.92. The smallest absolute Gasteiger partial charge is 0.230 e. The highest BCUT2D eigenvalue weighted by molar-refractivity contribution is 7.92. The average Bonchev–Trinajstić information content (AvgIpc) is 2.41. The highest BCUT2D eigenvalue weighted by Gasteiger charge is 2.20. The van der Waals surface area contributed by atoms with Gasteiger partial charge in [0.05, 0.1) is 11.9 Å². The van der Waals surface area contributed by atoms with Crippen LogP contribution in [0.1, 0.15) is 11.3 Å². The molecular weight excluding hydrogens is 216 g/mol. The molecule has 6 nitrogen and oxygen atoms in total. The second-order valence-electron chi connectivity index (χ2n) is 3.70. The molecule has 7 heteroatoms. The number of sulfonamides is 1. The van der Waals surface area contributed by atoms with Gasteiger partial charge >= 0.3 is 0 Å². The number of hydrogen-bond acceptors (Lipinski definition) is 4. The lowest BCUT2D eigenvalue weighted by molar-refractivity contribution is 0.605. The molecule has 0 spiro atoms. The van der Waals surface area contributed by atoms with Crippen molar-refractivity contribution in [2.45, 2.75) is 13.0 Å². The molecule has 0 radical (unpaired) electrons. The van der Waals surface area contributed by atoms with Crippen LogP contribution in [-0.4, -0.2) is 31.0 Å². The largest absolute Gasteiger partial charge is 0.312 e. The summed E-state index contributed by atoms with van der Waals surface area (Å²) in [7, 11) is -1.50. The summed E-state index contributed by atoms with van der Waals surface area (Å²) in [5.41, 5.74) is 1.93. The van der Waals surface area contributed by atoms with Crippen molar-refractivity contribution in [3.63, 3.8) is 0 Å². The Morgan fingerprint density at radius 3 is 2.93 bits per heavy atom. The van der Waals surface area contributed by atoms with Gasteiger partial charge in [-0.3, -0.25) is 9.40 Å². The Morgan fingerprint density at radius 1 is 1.53 bits per heavy atom. The molecule has 0 fully saturated rings. The van der Waals surface area contributed by atoms with E-state index in [9.17, 15) is 8.42 Å². The molecule has 0 aromatic carbocycles. The predicted octanol–water partition coefficient (Wildman–Crippen LogP) is -0.563. The molecule has 0 unspecified atom stereocenters. The van der Waals surface area contributed by atoms with Crippen molar-refractivity contribution < 1.29 is 8.42 Å². The number of aromatic nitrogens is 2. The SMILES string of the molecule is Cn1nc2c(c1NS(C)(=O)=O)CNCC2. The van der Waals surface area contributed by atoms with E-state index in [1.165, 1.54) is 0 Å². The summed E-state index contributed by atoms with van der Waals surface area (Å²) in [5, 5.41) is 7.48. The Bertz CT molecular complexity index is 477. The van der Waals surface area contributed by atoms with Crippen LogP contribution < -0.4 is 10.0 Å². The summed E-state index contributed by atoms with van der Waals surface area (Å²) >= 11 is 0. The molecule has 0 bridgehead atoms. The van der Waals surface area contributed by atoms with Gasteiger partial charge in [-0.2, -0.15) is 5.10 Å². The van der Waals surface area contributed by atoms with Crippen molar-refractivity contribution in [2.75, 3.05) is 17.5 Å². The first-order valence-electron chi connectivity index (χ1n) is 4.70. The maximum Gasteiger partial charge on any atom is 0.230 e. The molecule has 84 valence electrons. The molecule has 2 rings (SSSR count). The van der Waals surface area contributed by atoms with Gasteiger partial charge in [0.2, 0.25) is 10.0 Å². The quantitative estimate of drug-likeness (QED) is 0.714. The van der Waals surface area contributed by atoms with Crippen LogP contribution in [0.2, 0.25) is 0 Å². The lowest BCUT2D eigenvalue weighted by atomic mass is 10.1. The Kier molecular flexibility index (Phi) is 2.43. The van der Waals surface area contributed by atoms with E-state index in [2.05, 4.69) is 15.1 Å². The molecule has 0 saturated carbocycles. The number of nitrogens with one attached hydrogen (secondary N) is 2. The molecule has 1 aromatic heterocycles. The molecule has 0 saturated heterocycles. The van der Waals surface area contributed by atoms with Crippen LogP contribution in [0.5, 0.6) is 0 Å². The van der Waals surface area contributed by atoms with E-state index >= 15 is 0 Å². The van der Waals surface area contributed by atoms with Crippen LogP contribution in [0, 0.1) is 0 Å². The maximum absolute atomic E-state index is 11.2. The van der Waals surface area contributed by atoms with Gasteiger partial charge in [-0.25, -0.2) is 8.42 Å². The van der Waals surface area contributed by atoms with Crippen LogP contribution in [0.15, 0.2) is 0 Å². The van der Waals surface area contributed by atoms with Crippen molar-refractivity contribution >= 4 is 15.8 Å². The predicted molar refractivity (Wildman–Crippen MR) is 57.1 cm³/mol. The number of aryl methyl sites for hydroxylation is 1. The highest BCUT2D eigenvalue weighted by atomic mass is 32.2. The Labute approximate surface area is 88.7 Å². The third-order valence-electron chi connectivity index (χ3n) is 2.35. The fraction of sp³-hybridized carbons (Fsp3) is 0.625. The summed E-state index contributed by atoms with van der Waals surface area (Å²) in [4.78, 5) is 0. The van der Waals surface area contributed by atoms with Gasteiger partial charge in [-0.15, -0.1) is 0 Å². The first-order chi connectivity index (χ1) is 6.97. The van der Waals surface area contributed by atoms with Crippen LogP contribution >= 0.6 is 0 Å². The fourth-order valence-corrected chi connectivity index (χ4v) is 2.34. The summed E-state index contributed by atoms with van der Waals surface area (Å²) in [6.45, 7) is 1.56. The zero-order valence-corrected chi connectivity index (χ0v) is 9.56. The topological polar surface area (TPSA) is 76.0 Å². The second-order valence-corrected chi connectivity index (χ2v) is 5.45. The minimum atomic E-state index is -3.24. The Hall–Kier alpha value is -1.08. The lowest BCUT2D eigenvalue weighted by Crippen LogP contribution is -2.24. The number of hydrogen-bond donors (Lipinski definition) is 2. The van der Waals surface area contributed by atoms with Crippen molar-refractivity contribution in [1.29, 1.82) is 0 Å². The number of fused-ring (bicyclic) bond motifs is 1. The van der Waals surface area contributed by atoms with Gasteiger partial charge in [0.1, 0.15) is 5.82 Å². The monoisotopic (exact) mass is 230 g/mol. The van der Waals surface area contributed by atoms with Gasteiger partial charge in [-0.05, 0) is 0 Å². The van der Waals surface area contributed by atoms with E-state index in [1.807, 2.05) is 0 Å². The standard InChI is InChI=1S/C8H14N4O2S/c1-12-8(11-15(2,13)14)6-5-9-4-3-7(6)10-12/h9,11H,3-5H2,1-2H3. The first-order valence-corrected chi connectivity index (χ1v) is 6.60.